The summed E-state index contributed by atoms with van der Waals surface area (Å²) in [6.07, 6.45) is 0. The van der Waals surface area contributed by atoms with Crippen molar-refractivity contribution in [1.29, 1.82) is 0 Å². The largest absolute Gasteiger partial charge is 0.420 e. The van der Waals surface area contributed by atoms with Gasteiger partial charge in [0.25, 0.3) is 0 Å². The molecule has 0 spiro atoms. The van der Waals surface area contributed by atoms with E-state index in [-0.39, 0.29) is 6.04 Å². The van der Waals surface area contributed by atoms with Crippen LogP contribution in [0, 0.1) is 29.1 Å². The summed E-state index contributed by atoms with van der Waals surface area (Å²) >= 11 is 0. The van der Waals surface area contributed by atoms with Gasteiger partial charge in [-0.3, -0.25) is 0 Å². The molecule has 1 aromatic carbocycles. The van der Waals surface area contributed by atoms with Crippen molar-refractivity contribution in [2.45, 2.75) is 32.0 Å². The normalized spacial score (nSPS) is 13.7. The number of hydrogen-bond acceptors (Lipinski definition) is 1. The number of halogens is 5. The lowest BCUT2D eigenvalue weighted by molar-refractivity contribution is 0.363. The Hall–Kier alpha value is -0.953. The van der Waals surface area contributed by atoms with E-state index in [1.165, 1.54) is 14.0 Å². The molecule has 0 aromatic heterocycles. The van der Waals surface area contributed by atoms with Crippen molar-refractivity contribution in [2.24, 2.45) is 0 Å². The third-order valence-electron chi connectivity index (χ3n) is 3.09. The summed E-state index contributed by atoms with van der Waals surface area (Å²) in [4.78, 5) is 0. The highest BCUT2D eigenvalue weighted by Crippen LogP contribution is 2.33. The molecule has 7 heteroatoms. The van der Waals surface area contributed by atoms with Crippen molar-refractivity contribution in [3.05, 3.63) is 34.6 Å². The molecular weight excluding hydrogens is 283 g/mol. The summed E-state index contributed by atoms with van der Waals surface area (Å²) in [5.41, 5.74) is -0.769. The predicted octanol–water partition coefficient (Wildman–Crippen LogP) is 4.34. The first-order valence-corrected chi connectivity index (χ1v) is 8.80. The van der Waals surface area contributed by atoms with E-state index in [4.69, 9.17) is 4.43 Å². The molecule has 0 fully saturated rings. The standard InChI is InChI=1S/C12H15F5OSi/c1-6(5-19(3,4)18-2)7-8(13)10(15)12(17)11(16)9(7)14/h6H,5H2,1-4H3. The molecule has 0 N–H and O–H groups in total. The van der Waals surface area contributed by atoms with Gasteiger partial charge in [0.15, 0.2) is 31.6 Å². The SMILES string of the molecule is CO[Si](C)(C)CC(C)c1c(F)c(F)c(F)c(F)c1F. The highest BCUT2D eigenvalue weighted by molar-refractivity contribution is 6.71. The van der Waals surface area contributed by atoms with Crippen molar-refractivity contribution in [1.82, 2.24) is 0 Å². The van der Waals surface area contributed by atoms with Crippen LogP contribution in [0.25, 0.3) is 0 Å². The van der Waals surface area contributed by atoms with Crippen LogP contribution in [0.4, 0.5) is 22.0 Å². The lowest BCUT2D eigenvalue weighted by Gasteiger charge is -2.25. The lowest BCUT2D eigenvalue weighted by Crippen LogP contribution is -2.30. The van der Waals surface area contributed by atoms with Crippen molar-refractivity contribution in [3.63, 3.8) is 0 Å². The van der Waals surface area contributed by atoms with Crippen molar-refractivity contribution in [3.8, 4) is 0 Å². The maximum Gasteiger partial charge on any atom is 0.200 e. The summed E-state index contributed by atoms with van der Waals surface area (Å²) in [6, 6.07) is 0.252. The molecule has 1 unspecified atom stereocenters. The Balaban J connectivity index is 3.28. The van der Waals surface area contributed by atoms with E-state index >= 15 is 0 Å². The van der Waals surface area contributed by atoms with Gasteiger partial charge in [-0.15, -0.1) is 0 Å². The molecule has 0 radical (unpaired) electrons. The Bertz CT molecular complexity index is 460. The number of hydrogen-bond donors (Lipinski definition) is 0. The first-order chi connectivity index (χ1) is 8.62. The van der Waals surface area contributed by atoms with Crippen molar-refractivity contribution in [2.75, 3.05) is 7.11 Å². The van der Waals surface area contributed by atoms with Crippen LogP contribution in [-0.2, 0) is 4.43 Å². The first kappa shape index (κ1) is 16.1. The highest BCUT2D eigenvalue weighted by Gasteiger charge is 2.32. The third kappa shape index (κ3) is 3.14. The summed E-state index contributed by atoms with van der Waals surface area (Å²) in [7, 11) is -0.720. The van der Waals surface area contributed by atoms with E-state index in [1.807, 2.05) is 0 Å². The fraction of sp³-hybridized carbons (Fsp3) is 0.500. The minimum absolute atomic E-state index is 0.252. The van der Waals surface area contributed by atoms with Gasteiger partial charge in [0.1, 0.15) is 0 Å². The molecule has 0 bridgehead atoms. The molecule has 108 valence electrons. The van der Waals surface area contributed by atoms with E-state index in [2.05, 4.69) is 0 Å². The van der Waals surface area contributed by atoms with E-state index in [0.29, 0.717) is 0 Å². The quantitative estimate of drug-likeness (QED) is 0.348. The predicted molar refractivity (Wildman–Crippen MR) is 63.9 cm³/mol. The minimum Gasteiger partial charge on any atom is -0.420 e. The molecule has 1 atom stereocenters. The second kappa shape index (κ2) is 5.58. The molecule has 0 heterocycles. The lowest BCUT2D eigenvalue weighted by atomic mass is 10.0. The van der Waals surface area contributed by atoms with Gasteiger partial charge in [0, 0.05) is 12.7 Å². The van der Waals surface area contributed by atoms with Crippen LogP contribution in [0.3, 0.4) is 0 Å². The van der Waals surface area contributed by atoms with Crippen LogP contribution in [0.1, 0.15) is 18.4 Å². The molecule has 0 saturated heterocycles. The summed E-state index contributed by atoms with van der Waals surface area (Å²) < 4.78 is 71.5. The van der Waals surface area contributed by atoms with E-state index in [0.717, 1.165) is 0 Å². The number of rotatable bonds is 4. The van der Waals surface area contributed by atoms with Crippen LogP contribution in [0.5, 0.6) is 0 Å². The van der Waals surface area contributed by atoms with Crippen LogP contribution in [0.15, 0.2) is 0 Å². The maximum atomic E-state index is 13.6. The zero-order chi connectivity index (χ0) is 15.0. The Kier molecular flexibility index (Phi) is 4.73. The van der Waals surface area contributed by atoms with Gasteiger partial charge in [-0.2, -0.15) is 0 Å². The van der Waals surface area contributed by atoms with Gasteiger partial charge in [0.05, 0.1) is 0 Å². The second-order valence-corrected chi connectivity index (χ2v) is 9.39. The van der Waals surface area contributed by atoms with Gasteiger partial charge in [-0.25, -0.2) is 22.0 Å². The topological polar surface area (TPSA) is 9.23 Å². The zero-order valence-corrected chi connectivity index (χ0v) is 12.1. The van der Waals surface area contributed by atoms with Gasteiger partial charge < -0.3 is 4.43 Å². The third-order valence-corrected chi connectivity index (χ3v) is 5.79. The Morgan fingerprint density at radius 3 is 1.63 bits per heavy atom. The monoisotopic (exact) mass is 298 g/mol. The Labute approximate surface area is 109 Å². The summed E-state index contributed by atoms with van der Waals surface area (Å²) in [5, 5.41) is 0. The second-order valence-electron chi connectivity index (χ2n) is 5.05. The van der Waals surface area contributed by atoms with Crippen LogP contribution < -0.4 is 0 Å². The first-order valence-electron chi connectivity index (χ1n) is 5.69. The van der Waals surface area contributed by atoms with E-state index < -0.39 is 48.9 Å². The molecule has 1 aromatic rings. The van der Waals surface area contributed by atoms with Crippen molar-refractivity contribution >= 4 is 8.32 Å². The highest BCUT2D eigenvalue weighted by atomic mass is 28.4. The van der Waals surface area contributed by atoms with E-state index in [1.54, 1.807) is 13.1 Å². The Morgan fingerprint density at radius 2 is 1.26 bits per heavy atom. The fourth-order valence-electron chi connectivity index (χ4n) is 1.98. The zero-order valence-electron chi connectivity index (χ0n) is 11.1. The fourth-order valence-corrected chi connectivity index (χ4v) is 3.82. The smallest absolute Gasteiger partial charge is 0.200 e. The molecule has 0 amide bonds. The van der Waals surface area contributed by atoms with Gasteiger partial charge >= 0.3 is 0 Å². The number of benzene rings is 1. The molecule has 0 aliphatic rings. The van der Waals surface area contributed by atoms with Crippen LogP contribution >= 0.6 is 0 Å². The molecule has 1 nitrogen and oxygen atoms in total. The minimum atomic E-state index is -2.19. The van der Waals surface area contributed by atoms with Gasteiger partial charge in [-0.05, 0) is 25.1 Å². The molecular formula is C12H15F5OSi. The summed E-state index contributed by atoms with van der Waals surface area (Å²) in [5.74, 6) is -10.3. The molecule has 19 heavy (non-hydrogen) atoms. The van der Waals surface area contributed by atoms with Gasteiger partial charge in [0.2, 0.25) is 5.82 Å². The molecule has 0 saturated carbocycles. The van der Waals surface area contributed by atoms with Crippen molar-refractivity contribution < 1.29 is 26.4 Å². The van der Waals surface area contributed by atoms with Crippen LogP contribution in [-0.4, -0.2) is 15.4 Å². The van der Waals surface area contributed by atoms with E-state index in [9.17, 15) is 22.0 Å². The summed E-state index contributed by atoms with van der Waals surface area (Å²) in [6.45, 7) is 5.02. The maximum absolute atomic E-state index is 13.6. The average molecular weight is 298 g/mol. The Morgan fingerprint density at radius 1 is 0.895 bits per heavy atom. The van der Waals surface area contributed by atoms with Gasteiger partial charge in [-0.1, -0.05) is 6.92 Å². The molecule has 0 aliphatic heterocycles. The van der Waals surface area contributed by atoms with Crippen LogP contribution in [0.2, 0.25) is 19.1 Å². The molecule has 0 aliphatic carbocycles. The molecule has 1 rings (SSSR count). The average Bonchev–Trinajstić information content (AvgIpc) is 2.33.